The summed E-state index contributed by atoms with van der Waals surface area (Å²) in [5.41, 5.74) is 0.115. The number of aromatic nitrogens is 4. The maximum Gasteiger partial charge on any atom is 0.332 e. The first-order valence-corrected chi connectivity index (χ1v) is 9.69. The average Bonchev–Trinajstić information content (AvgIpc) is 3.17. The number of ether oxygens (including phenoxy) is 1. The minimum Gasteiger partial charge on any atom is -1.00 e. The SMILES string of the molecule is Cn1c(=O)c2c(ncn2CCOCC[NH+]2C3CCC2CC(O)C3)n(C)c1=O.[Cl-]. The van der Waals surface area contributed by atoms with Crippen LogP contribution in [0.25, 0.3) is 11.2 Å². The van der Waals surface area contributed by atoms with Gasteiger partial charge in [0.2, 0.25) is 0 Å². The number of piperidine rings is 1. The molecule has 2 N–H and O–H groups in total. The molecule has 0 saturated carbocycles. The molecule has 2 aromatic heterocycles. The van der Waals surface area contributed by atoms with Crippen LogP contribution in [0.15, 0.2) is 15.9 Å². The number of halogens is 1. The quantitative estimate of drug-likeness (QED) is 0.462. The summed E-state index contributed by atoms with van der Waals surface area (Å²) in [6.07, 6.45) is 5.70. The molecular formula is C18H28ClN5O4. The van der Waals surface area contributed by atoms with Crippen LogP contribution in [0.1, 0.15) is 25.7 Å². The van der Waals surface area contributed by atoms with Crippen molar-refractivity contribution in [3.63, 3.8) is 0 Å². The third kappa shape index (κ3) is 3.63. The van der Waals surface area contributed by atoms with Gasteiger partial charge in [0.25, 0.3) is 5.56 Å². The molecule has 0 aliphatic carbocycles. The average molecular weight is 414 g/mol. The van der Waals surface area contributed by atoms with Crippen LogP contribution in [0.2, 0.25) is 0 Å². The minimum absolute atomic E-state index is 0. The van der Waals surface area contributed by atoms with Gasteiger partial charge in [-0.3, -0.25) is 13.9 Å². The zero-order chi connectivity index (χ0) is 19.1. The van der Waals surface area contributed by atoms with Gasteiger partial charge in [-0.15, -0.1) is 0 Å². The number of rotatable bonds is 6. The second kappa shape index (κ2) is 8.36. The van der Waals surface area contributed by atoms with Gasteiger partial charge in [0.1, 0.15) is 6.54 Å². The Morgan fingerprint density at radius 3 is 2.54 bits per heavy atom. The molecule has 2 bridgehead atoms. The molecule has 4 heterocycles. The van der Waals surface area contributed by atoms with Crippen LogP contribution < -0.4 is 28.6 Å². The zero-order valence-electron chi connectivity index (χ0n) is 16.3. The number of aliphatic hydroxyl groups excluding tert-OH is 1. The van der Waals surface area contributed by atoms with E-state index < -0.39 is 0 Å². The van der Waals surface area contributed by atoms with Crippen molar-refractivity contribution >= 4 is 11.2 Å². The summed E-state index contributed by atoms with van der Waals surface area (Å²) in [7, 11) is 3.09. The van der Waals surface area contributed by atoms with Gasteiger partial charge in [0, 0.05) is 46.3 Å². The molecule has 28 heavy (non-hydrogen) atoms. The fraction of sp³-hybridized carbons (Fsp3) is 0.722. The first kappa shape index (κ1) is 21.0. The number of nitrogens with zero attached hydrogens (tertiary/aromatic N) is 4. The van der Waals surface area contributed by atoms with Crippen molar-refractivity contribution < 1.29 is 27.2 Å². The lowest BCUT2D eigenvalue weighted by atomic mass is 10.0. The molecule has 0 spiro atoms. The van der Waals surface area contributed by atoms with Gasteiger partial charge >= 0.3 is 5.69 Å². The molecule has 2 aliphatic heterocycles. The molecule has 156 valence electrons. The number of hydrogen-bond acceptors (Lipinski definition) is 5. The summed E-state index contributed by atoms with van der Waals surface area (Å²) in [6, 6.07) is 1.15. The highest BCUT2D eigenvalue weighted by molar-refractivity contribution is 5.69. The number of imidazole rings is 1. The van der Waals surface area contributed by atoms with Crippen molar-refractivity contribution in [3.05, 3.63) is 27.2 Å². The fourth-order valence-electron chi connectivity index (χ4n) is 4.83. The summed E-state index contributed by atoms with van der Waals surface area (Å²) in [6.45, 7) is 2.64. The molecule has 4 rings (SSSR count). The van der Waals surface area contributed by atoms with E-state index in [1.54, 1.807) is 22.8 Å². The molecule has 9 nitrogen and oxygen atoms in total. The smallest absolute Gasteiger partial charge is 0.332 e. The second-order valence-corrected chi connectivity index (χ2v) is 7.85. The first-order chi connectivity index (χ1) is 13.0. The van der Waals surface area contributed by atoms with Crippen LogP contribution in [0, 0.1) is 0 Å². The van der Waals surface area contributed by atoms with E-state index in [0.29, 0.717) is 43.0 Å². The molecule has 2 aromatic rings. The fourth-order valence-corrected chi connectivity index (χ4v) is 4.83. The predicted molar refractivity (Wildman–Crippen MR) is 98.9 cm³/mol. The van der Waals surface area contributed by atoms with Crippen molar-refractivity contribution in [2.24, 2.45) is 14.1 Å². The van der Waals surface area contributed by atoms with Crippen LogP contribution in [0.5, 0.6) is 0 Å². The molecule has 10 heteroatoms. The Bertz CT molecular complexity index is 938. The van der Waals surface area contributed by atoms with E-state index in [4.69, 9.17) is 4.74 Å². The molecule has 2 aliphatic rings. The maximum absolute atomic E-state index is 12.4. The van der Waals surface area contributed by atoms with Crippen molar-refractivity contribution in [2.45, 2.75) is 50.4 Å². The number of hydrogen-bond donors (Lipinski definition) is 2. The molecule has 0 aromatic carbocycles. The maximum atomic E-state index is 12.4. The lowest BCUT2D eigenvalue weighted by Crippen LogP contribution is -3.18. The highest BCUT2D eigenvalue weighted by Crippen LogP contribution is 2.22. The van der Waals surface area contributed by atoms with Gasteiger partial charge in [-0.1, -0.05) is 0 Å². The molecule has 2 atom stereocenters. The summed E-state index contributed by atoms with van der Waals surface area (Å²) in [5, 5.41) is 9.89. The summed E-state index contributed by atoms with van der Waals surface area (Å²) >= 11 is 0. The Morgan fingerprint density at radius 1 is 1.18 bits per heavy atom. The molecule has 0 radical (unpaired) electrons. The molecule has 0 amide bonds. The van der Waals surface area contributed by atoms with Gasteiger partial charge in [-0.2, -0.15) is 0 Å². The van der Waals surface area contributed by atoms with Crippen molar-refractivity contribution in [3.8, 4) is 0 Å². The van der Waals surface area contributed by atoms with Crippen molar-refractivity contribution in [2.75, 3.05) is 19.8 Å². The van der Waals surface area contributed by atoms with Crippen LogP contribution in [-0.4, -0.2) is 61.7 Å². The molecule has 2 saturated heterocycles. The van der Waals surface area contributed by atoms with Gasteiger partial charge in [-0.05, 0) is 0 Å². The number of aliphatic hydroxyl groups is 1. The Morgan fingerprint density at radius 2 is 1.86 bits per heavy atom. The Hall–Kier alpha value is -1.68. The minimum atomic E-state index is -0.377. The molecule has 2 fully saturated rings. The van der Waals surface area contributed by atoms with Crippen molar-refractivity contribution in [1.82, 2.24) is 18.7 Å². The lowest BCUT2D eigenvalue weighted by Gasteiger charge is -2.34. The van der Waals surface area contributed by atoms with Gasteiger partial charge in [0.05, 0.1) is 37.7 Å². The van der Waals surface area contributed by atoms with Gasteiger partial charge < -0.3 is 31.7 Å². The van der Waals surface area contributed by atoms with E-state index in [2.05, 4.69) is 4.98 Å². The largest absolute Gasteiger partial charge is 1.00 e. The summed E-state index contributed by atoms with van der Waals surface area (Å²) < 4.78 is 10.1. The monoisotopic (exact) mass is 413 g/mol. The van der Waals surface area contributed by atoms with Gasteiger partial charge in [-0.25, -0.2) is 9.78 Å². The Labute approximate surface area is 168 Å². The number of nitrogens with one attached hydrogen (secondary N) is 1. The summed E-state index contributed by atoms with van der Waals surface area (Å²) in [5.74, 6) is 0. The standard InChI is InChI=1S/C18H27N5O4.ClH/c1-20-16-15(17(25)21(2)18(20)26)22(11-19-16)5-7-27-8-6-23-12-3-4-13(23)10-14(24)9-12;/h11-14,24H,3-10H2,1-2H3;1H. The van der Waals surface area contributed by atoms with Crippen LogP contribution in [-0.2, 0) is 25.4 Å². The third-order valence-corrected chi connectivity index (χ3v) is 6.25. The van der Waals surface area contributed by atoms with E-state index in [1.807, 2.05) is 0 Å². The van der Waals surface area contributed by atoms with Gasteiger partial charge in [0.15, 0.2) is 11.2 Å². The van der Waals surface area contributed by atoms with E-state index in [9.17, 15) is 14.7 Å². The second-order valence-electron chi connectivity index (χ2n) is 7.85. The lowest BCUT2D eigenvalue weighted by molar-refractivity contribution is -0.942. The van der Waals surface area contributed by atoms with E-state index in [0.717, 1.165) is 24.0 Å². The first-order valence-electron chi connectivity index (χ1n) is 9.69. The normalized spacial score (nSPS) is 26.5. The van der Waals surface area contributed by atoms with Crippen LogP contribution in [0.3, 0.4) is 0 Å². The predicted octanol–water partition coefficient (Wildman–Crippen LogP) is -4.98. The van der Waals surface area contributed by atoms with E-state index >= 15 is 0 Å². The highest BCUT2D eigenvalue weighted by Gasteiger charge is 2.43. The number of fused-ring (bicyclic) bond motifs is 3. The zero-order valence-corrected chi connectivity index (χ0v) is 17.1. The van der Waals surface area contributed by atoms with E-state index in [1.165, 1.54) is 24.5 Å². The Balaban J connectivity index is 0.00000225. The number of quaternary nitrogens is 1. The molecular weight excluding hydrogens is 386 g/mol. The highest BCUT2D eigenvalue weighted by atomic mass is 35.5. The third-order valence-electron chi connectivity index (χ3n) is 6.25. The number of aryl methyl sites for hydroxylation is 1. The van der Waals surface area contributed by atoms with Crippen molar-refractivity contribution in [1.29, 1.82) is 0 Å². The van der Waals surface area contributed by atoms with E-state index in [-0.39, 0.29) is 29.8 Å². The topological polar surface area (TPSA) is 95.7 Å². The molecule has 2 unspecified atom stereocenters. The van der Waals surface area contributed by atoms with Crippen LogP contribution in [0.4, 0.5) is 0 Å². The summed E-state index contributed by atoms with van der Waals surface area (Å²) in [4.78, 5) is 30.2. The Kier molecular flexibility index (Phi) is 6.28. The van der Waals surface area contributed by atoms with Crippen LogP contribution >= 0.6 is 0 Å².